The highest BCUT2D eigenvalue weighted by Gasteiger charge is 2.40. The molecule has 0 bridgehead atoms. The monoisotopic (exact) mass is 342 g/mol. The molecule has 106 valence electrons. The lowest BCUT2D eigenvalue weighted by atomic mass is 9.91. The second kappa shape index (κ2) is 5.84. The number of rotatable bonds is 3. The van der Waals surface area contributed by atoms with Crippen LogP contribution in [0.4, 0.5) is 0 Å². The molecule has 1 aliphatic heterocycles. The van der Waals surface area contributed by atoms with E-state index in [2.05, 4.69) is 44.5 Å². The molecule has 2 fully saturated rings. The van der Waals surface area contributed by atoms with E-state index in [1.807, 2.05) is 11.3 Å². The van der Waals surface area contributed by atoms with Gasteiger partial charge in [-0.25, -0.2) is 0 Å². The summed E-state index contributed by atoms with van der Waals surface area (Å²) in [5.41, 5.74) is 0.426. The Morgan fingerprint density at radius 2 is 2.26 bits per heavy atom. The van der Waals surface area contributed by atoms with Gasteiger partial charge >= 0.3 is 0 Å². The minimum Gasteiger partial charge on any atom is -0.308 e. The lowest BCUT2D eigenvalue weighted by molar-refractivity contribution is 0.0725. The molecule has 1 unspecified atom stereocenters. The molecule has 2 aliphatic rings. The van der Waals surface area contributed by atoms with Crippen LogP contribution in [0.3, 0.4) is 0 Å². The molecule has 1 saturated heterocycles. The molecule has 2 nitrogen and oxygen atoms in total. The van der Waals surface area contributed by atoms with E-state index < -0.39 is 0 Å². The van der Waals surface area contributed by atoms with Crippen molar-refractivity contribution in [1.29, 1.82) is 0 Å². The fraction of sp³-hybridized carbons (Fsp3) is 0.733. The van der Waals surface area contributed by atoms with E-state index in [0.717, 1.165) is 6.54 Å². The molecule has 1 N–H and O–H groups in total. The molecule has 1 spiro atoms. The lowest BCUT2D eigenvalue weighted by Gasteiger charge is -2.46. The Bertz CT molecular complexity index is 426. The SMILES string of the molecule is CCC1CNC2(CCCC2)CN1Cc1sccc1Br. The number of halogens is 1. The molecule has 0 amide bonds. The van der Waals surface area contributed by atoms with Gasteiger partial charge in [0.25, 0.3) is 0 Å². The van der Waals surface area contributed by atoms with Crippen LogP contribution in [0.25, 0.3) is 0 Å². The van der Waals surface area contributed by atoms with Gasteiger partial charge in [0, 0.05) is 40.6 Å². The van der Waals surface area contributed by atoms with E-state index in [1.54, 1.807) is 0 Å². The highest BCUT2D eigenvalue weighted by atomic mass is 79.9. The maximum absolute atomic E-state index is 3.87. The Hall–Kier alpha value is 0.100. The Morgan fingerprint density at radius 3 is 2.89 bits per heavy atom. The average Bonchev–Trinajstić information content (AvgIpc) is 3.01. The van der Waals surface area contributed by atoms with Crippen molar-refractivity contribution in [2.45, 2.75) is 57.2 Å². The number of hydrogen-bond donors (Lipinski definition) is 1. The van der Waals surface area contributed by atoms with Gasteiger partial charge in [0.1, 0.15) is 0 Å². The van der Waals surface area contributed by atoms with Crippen LogP contribution in [0.1, 0.15) is 43.9 Å². The first-order valence-corrected chi connectivity index (χ1v) is 9.11. The van der Waals surface area contributed by atoms with Gasteiger partial charge in [0.15, 0.2) is 0 Å². The van der Waals surface area contributed by atoms with Gasteiger partial charge in [0.05, 0.1) is 0 Å². The summed E-state index contributed by atoms with van der Waals surface area (Å²) in [6.45, 7) is 5.82. The molecule has 0 aromatic carbocycles. The summed E-state index contributed by atoms with van der Waals surface area (Å²) < 4.78 is 1.28. The predicted octanol–water partition coefficient (Wildman–Crippen LogP) is 4.01. The minimum atomic E-state index is 0.426. The van der Waals surface area contributed by atoms with Crippen LogP contribution in [0.15, 0.2) is 15.9 Å². The quantitative estimate of drug-likeness (QED) is 0.892. The fourth-order valence-electron chi connectivity index (χ4n) is 3.63. The fourth-order valence-corrected chi connectivity index (χ4v) is 5.14. The maximum Gasteiger partial charge on any atom is 0.0343 e. The van der Waals surface area contributed by atoms with Gasteiger partial charge in [-0.15, -0.1) is 11.3 Å². The second-order valence-electron chi connectivity index (χ2n) is 6.03. The zero-order valence-corrected chi connectivity index (χ0v) is 14.0. The van der Waals surface area contributed by atoms with Crippen LogP contribution in [0, 0.1) is 0 Å². The largest absolute Gasteiger partial charge is 0.308 e. The predicted molar refractivity (Wildman–Crippen MR) is 85.7 cm³/mol. The van der Waals surface area contributed by atoms with E-state index >= 15 is 0 Å². The van der Waals surface area contributed by atoms with Crippen molar-refractivity contribution < 1.29 is 0 Å². The van der Waals surface area contributed by atoms with Crippen LogP contribution in [-0.4, -0.2) is 29.6 Å². The van der Waals surface area contributed by atoms with Gasteiger partial charge < -0.3 is 5.32 Å². The molecular weight excluding hydrogens is 320 g/mol. The Morgan fingerprint density at radius 1 is 1.47 bits per heavy atom. The summed E-state index contributed by atoms with van der Waals surface area (Å²) in [5, 5.41) is 6.06. The van der Waals surface area contributed by atoms with Crippen molar-refractivity contribution in [1.82, 2.24) is 10.2 Å². The van der Waals surface area contributed by atoms with Crippen LogP contribution < -0.4 is 5.32 Å². The third-order valence-electron chi connectivity index (χ3n) is 4.80. The highest BCUT2D eigenvalue weighted by Crippen LogP contribution is 2.35. The standard InChI is InChI=1S/C15H23BrN2S/c1-2-12-9-17-15(6-3-4-7-15)11-18(12)10-14-13(16)5-8-19-14/h5,8,12,17H,2-4,6-7,9-11H2,1H3. The molecule has 1 aliphatic carbocycles. The van der Waals surface area contributed by atoms with Gasteiger partial charge in [-0.3, -0.25) is 4.90 Å². The van der Waals surface area contributed by atoms with E-state index in [0.29, 0.717) is 11.6 Å². The van der Waals surface area contributed by atoms with Crippen molar-refractivity contribution in [3.05, 3.63) is 20.8 Å². The van der Waals surface area contributed by atoms with Gasteiger partial charge in [-0.2, -0.15) is 0 Å². The van der Waals surface area contributed by atoms with Crippen molar-refractivity contribution >= 4 is 27.3 Å². The summed E-state index contributed by atoms with van der Waals surface area (Å²) in [6, 6.07) is 2.87. The Balaban J connectivity index is 1.74. The molecule has 4 heteroatoms. The molecule has 1 saturated carbocycles. The Kier molecular flexibility index (Phi) is 4.32. The van der Waals surface area contributed by atoms with E-state index in [-0.39, 0.29) is 0 Å². The normalized spacial score (nSPS) is 27.2. The third-order valence-corrected chi connectivity index (χ3v) is 6.72. The van der Waals surface area contributed by atoms with Crippen LogP contribution in [-0.2, 0) is 6.54 Å². The molecule has 19 heavy (non-hydrogen) atoms. The minimum absolute atomic E-state index is 0.426. The van der Waals surface area contributed by atoms with Crippen molar-refractivity contribution in [3.63, 3.8) is 0 Å². The van der Waals surface area contributed by atoms with Crippen molar-refractivity contribution in [2.75, 3.05) is 13.1 Å². The molecule has 1 aromatic heterocycles. The number of hydrogen-bond acceptors (Lipinski definition) is 3. The summed E-state index contributed by atoms with van der Waals surface area (Å²) in [7, 11) is 0. The first-order chi connectivity index (χ1) is 9.22. The molecule has 3 rings (SSSR count). The first-order valence-electron chi connectivity index (χ1n) is 7.43. The third kappa shape index (κ3) is 2.92. The number of thiophene rings is 1. The number of piperazine rings is 1. The molecular formula is C15H23BrN2S. The number of nitrogens with zero attached hydrogens (tertiary/aromatic N) is 1. The van der Waals surface area contributed by atoms with Crippen molar-refractivity contribution in [3.8, 4) is 0 Å². The second-order valence-corrected chi connectivity index (χ2v) is 7.88. The molecule has 1 atom stereocenters. The maximum atomic E-state index is 3.87. The van der Waals surface area contributed by atoms with E-state index in [1.165, 1.54) is 54.5 Å². The average molecular weight is 343 g/mol. The van der Waals surface area contributed by atoms with E-state index in [9.17, 15) is 0 Å². The zero-order valence-electron chi connectivity index (χ0n) is 11.6. The molecule has 1 aromatic rings. The summed E-state index contributed by atoms with van der Waals surface area (Å²) in [6.07, 6.45) is 6.78. The molecule has 0 radical (unpaired) electrons. The number of nitrogens with one attached hydrogen (secondary N) is 1. The van der Waals surface area contributed by atoms with Crippen molar-refractivity contribution in [2.24, 2.45) is 0 Å². The van der Waals surface area contributed by atoms with Crippen LogP contribution in [0.5, 0.6) is 0 Å². The first kappa shape index (κ1) is 14.1. The Labute approximate surface area is 128 Å². The van der Waals surface area contributed by atoms with Gasteiger partial charge in [0.2, 0.25) is 0 Å². The smallest absolute Gasteiger partial charge is 0.0343 e. The lowest BCUT2D eigenvalue weighted by Crippen LogP contribution is -2.62. The summed E-state index contributed by atoms with van der Waals surface area (Å²) in [4.78, 5) is 4.20. The zero-order chi connectivity index (χ0) is 13.3. The summed E-state index contributed by atoms with van der Waals surface area (Å²) >= 11 is 5.56. The molecule has 2 heterocycles. The highest BCUT2D eigenvalue weighted by molar-refractivity contribution is 9.10. The van der Waals surface area contributed by atoms with E-state index in [4.69, 9.17) is 0 Å². The van der Waals surface area contributed by atoms with Crippen LogP contribution >= 0.6 is 27.3 Å². The van der Waals surface area contributed by atoms with Gasteiger partial charge in [-0.05, 0) is 46.6 Å². The summed E-state index contributed by atoms with van der Waals surface area (Å²) in [5.74, 6) is 0. The van der Waals surface area contributed by atoms with Gasteiger partial charge in [-0.1, -0.05) is 19.8 Å². The topological polar surface area (TPSA) is 15.3 Å². The van der Waals surface area contributed by atoms with Crippen LogP contribution in [0.2, 0.25) is 0 Å².